The minimum Gasteiger partial charge on any atom is -0.460 e. The number of carbonyl (C=O) groups excluding carboxylic acids is 7. The average Bonchev–Trinajstić information content (AvgIpc) is 3.23. The van der Waals surface area contributed by atoms with E-state index in [1.54, 1.807) is 62.3 Å². The molecule has 0 aromatic heterocycles. The first-order valence-electron chi connectivity index (χ1n) is 18.9. The highest BCUT2D eigenvalue weighted by atomic mass is 79.9. The molecule has 0 aromatic carbocycles. The van der Waals surface area contributed by atoms with Gasteiger partial charge in [0.2, 0.25) is 0 Å². The molecule has 1 heterocycles. The van der Waals surface area contributed by atoms with Crippen LogP contribution in [0.4, 0.5) is 0 Å². The fraction of sp³-hybridized carbons (Fsp3) is 0.690. The molecule has 17 nitrogen and oxygen atoms in total. The number of ketones is 1. The van der Waals surface area contributed by atoms with Gasteiger partial charge in [0.1, 0.15) is 33.8 Å². The monoisotopic (exact) mass is 958 g/mol. The van der Waals surface area contributed by atoms with Gasteiger partial charge in [-0.2, -0.15) is 8.42 Å². The minimum absolute atomic E-state index is 0.167. The average molecular weight is 960 g/mol. The van der Waals surface area contributed by atoms with Crippen LogP contribution in [0.3, 0.4) is 0 Å². The van der Waals surface area contributed by atoms with Crippen molar-refractivity contribution in [1.82, 2.24) is 0 Å². The molecular weight excluding hydrogens is 888 g/mol. The minimum atomic E-state index is -3.67. The Kier molecular flexibility index (Phi) is 27.7. The zero-order chi connectivity index (χ0) is 50.0. The Bertz CT molecular complexity index is 1670. The first kappa shape index (κ1) is 63.7. The number of esters is 6. The number of ether oxygens (including phenoxy) is 6. The van der Waals surface area contributed by atoms with E-state index in [4.69, 9.17) is 28.2 Å². The van der Waals surface area contributed by atoms with Crippen molar-refractivity contribution in [2.45, 2.75) is 170 Å². The SMILES string of the molecule is C=C(C)C(=O)OC(C)C(C)(O)C(C)C(=O)OC(C)(C)C.C=C(C)C(=O)OC(C)C(C)=O.C=C(C)C(=O)OC1(C)C(C)OC(=O)C1C.CC(Br)C(=O)OC(C)(C)C.CS(=O)(=O)O. The van der Waals surface area contributed by atoms with Crippen molar-refractivity contribution in [3.8, 4) is 0 Å². The molecule has 1 rings (SSSR count). The third-order valence-electron chi connectivity index (χ3n) is 8.00. The van der Waals surface area contributed by atoms with Crippen LogP contribution in [0.5, 0.6) is 0 Å². The van der Waals surface area contributed by atoms with Gasteiger partial charge >= 0.3 is 35.8 Å². The number of rotatable bonds is 11. The molecule has 0 amide bonds. The summed E-state index contributed by atoms with van der Waals surface area (Å²) in [7, 11) is -3.67. The maximum absolute atomic E-state index is 12.0. The summed E-state index contributed by atoms with van der Waals surface area (Å²) < 4.78 is 56.2. The van der Waals surface area contributed by atoms with Crippen molar-refractivity contribution < 1.29 is 80.1 Å². The van der Waals surface area contributed by atoms with Crippen LogP contribution in [-0.2, 0) is 72.1 Å². The van der Waals surface area contributed by atoms with Crippen molar-refractivity contribution in [2.24, 2.45) is 11.8 Å². The molecular formula is C42H71BrO17S. The van der Waals surface area contributed by atoms with Gasteiger partial charge in [0, 0.05) is 16.7 Å². The smallest absolute Gasteiger partial charge is 0.333 e. The summed E-state index contributed by atoms with van der Waals surface area (Å²) in [6.07, 6.45) is -1.25. The lowest BCUT2D eigenvalue weighted by Crippen LogP contribution is -2.50. The summed E-state index contributed by atoms with van der Waals surface area (Å²) >= 11 is 3.12. The first-order chi connectivity index (χ1) is 26.8. The normalized spacial score (nSPS) is 19.8. The number of aliphatic hydroxyl groups is 1. The van der Waals surface area contributed by atoms with E-state index < -0.39 is 80.9 Å². The van der Waals surface area contributed by atoms with Gasteiger partial charge in [-0.1, -0.05) is 35.7 Å². The predicted molar refractivity (Wildman–Crippen MR) is 233 cm³/mol. The zero-order valence-electron chi connectivity index (χ0n) is 39.4. The number of halogens is 1. The van der Waals surface area contributed by atoms with E-state index in [0.29, 0.717) is 17.4 Å². The van der Waals surface area contributed by atoms with Crippen LogP contribution in [0.25, 0.3) is 0 Å². The fourth-order valence-corrected chi connectivity index (χ4v) is 3.62. The molecule has 8 atom stereocenters. The number of Topliss-reactive ketones (excluding diaryl/α,β-unsaturated/α-hetero) is 1. The third-order valence-corrected chi connectivity index (χ3v) is 8.38. The lowest BCUT2D eigenvalue weighted by atomic mass is 9.86. The van der Waals surface area contributed by atoms with Gasteiger partial charge in [0.25, 0.3) is 10.1 Å². The summed E-state index contributed by atoms with van der Waals surface area (Å²) in [5.74, 6) is -4.16. The summed E-state index contributed by atoms with van der Waals surface area (Å²) in [4.78, 5) is 78.2. The molecule has 0 aliphatic carbocycles. The van der Waals surface area contributed by atoms with Crippen molar-refractivity contribution >= 4 is 67.6 Å². The van der Waals surface area contributed by atoms with Crippen LogP contribution in [0.1, 0.15) is 125 Å². The van der Waals surface area contributed by atoms with Crippen LogP contribution in [0.2, 0.25) is 0 Å². The van der Waals surface area contributed by atoms with Gasteiger partial charge in [-0.05, 0) is 125 Å². The lowest BCUT2D eigenvalue weighted by Gasteiger charge is -2.35. The number of alkyl halides is 1. The van der Waals surface area contributed by atoms with Crippen LogP contribution < -0.4 is 0 Å². The Morgan fingerprint density at radius 1 is 0.754 bits per heavy atom. The molecule has 2 N–H and O–H groups in total. The maximum Gasteiger partial charge on any atom is 0.333 e. The van der Waals surface area contributed by atoms with Gasteiger partial charge in [-0.25, -0.2) is 14.4 Å². The Hall–Kier alpha value is -3.94. The number of carbonyl (C=O) groups is 7. The summed E-state index contributed by atoms with van der Waals surface area (Å²) in [6, 6.07) is 0. The molecule has 0 spiro atoms. The van der Waals surface area contributed by atoms with E-state index in [9.17, 15) is 47.1 Å². The summed E-state index contributed by atoms with van der Waals surface area (Å²) in [5.41, 5.74) is -2.59. The molecule has 0 bridgehead atoms. The number of hydrogen-bond donors (Lipinski definition) is 2. The van der Waals surface area contributed by atoms with E-state index in [-0.39, 0.29) is 33.7 Å². The van der Waals surface area contributed by atoms with E-state index in [1.165, 1.54) is 41.5 Å². The number of cyclic esters (lactones) is 1. The molecule has 1 saturated heterocycles. The molecule has 0 saturated carbocycles. The summed E-state index contributed by atoms with van der Waals surface area (Å²) in [5, 5.41) is 10.4. The maximum atomic E-state index is 12.0. The summed E-state index contributed by atoms with van der Waals surface area (Å²) in [6.45, 7) is 40.0. The predicted octanol–water partition coefficient (Wildman–Crippen LogP) is 6.37. The van der Waals surface area contributed by atoms with Crippen LogP contribution in [0.15, 0.2) is 36.5 Å². The second-order valence-electron chi connectivity index (χ2n) is 16.8. The van der Waals surface area contributed by atoms with E-state index in [2.05, 4.69) is 40.4 Å². The molecule has 0 aromatic rings. The van der Waals surface area contributed by atoms with E-state index in [0.717, 1.165) is 0 Å². The second kappa shape index (κ2) is 26.5. The fourth-order valence-electron chi connectivity index (χ4n) is 3.53. The third kappa shape index (κ3) is 29.1. The number of hydrogen-bond acceptors (Lipinski definition) is 16. The molecule has 1 aliphatic rings. The quantitative estimate of drug-likeness (QED) is 0.0751. The largest absolute Gasteiger partial charge is 0.460 e. The first-order valence-corrected chi connectivity index (χ1v) is 21.7. The zero-order valence-corrected chi connectivity index (χ0v) is 41.8. The van der Waals surface area contributed by atoms with Crippen molar-refractivity contribution in [1.29, 1.82) is 0 Å². The van der Waals surface area contributed by atoms with Crippen molar-refractivity contribution in [3.05, 3.63) is 36.5 Å². The van der Waals surface area contributed by atoms with Crippen LogP contribution in [0, 0.1) is 11.8 Å². The molecule has 0 radical (unpaired) electrons. The van der Waals surface area contributed by atoms with Gasteiger partial charge < -0.3 is 33.5 Å². The van der Waals surface area contributed by atoms with Gasteiger partial charge in [-0.3, -0.25) is 23.7 Å². The molecule has 1 aliphatic heterocycles. The molecule has 1 fully saturated rings. The van der Waals surface area contributed by atoms with Gasteiger partial charge in [-0.15, -0.1) is 0 Å². The molecule has 354 valence electrons. The molecule has 61 heavy (non-hydrogen) atoms. The lowest BCUT2D eigenvalue weighted by molar-refractivity contribution is -0.183. The van der Waals surface area contributed by atoms with E-state index >= 15 is 0 Å². The Morgan fingerprint density at radius 2 is 1.10 bits per heavy atom. The van der Waals surface area contributed by atoms with Gasteiger partial charge in [0.15, 0.2) is 17.5 Å². The van der Waals surface area contributed by atoms with Crippen LogP contribution in [-0.4, -0.2) is 111 Å². The Balaban J connectivity index is -0.000000353. The molecule has 19 heteroatoms. The Morgan fingerprint density at radius 3 is 1.36 bits per heavy atom. The van der Waals surface area contributed by atoms with Crippen LogP contribution >= 0.6 is 15.9 Å². The van der Waals surface area contributed by atoms with E-state index in [1.807, 2.05) is 20.8 Å². The second-order valence-corrected chi connectivity index (χ2v) is 19.6. The Labute approximate surface area is 371 Å². The highest BCUT2D eigenvalue weighted by molar-refractivity contribution is 9.10. The van der Waals surface area contributed by atoms with Gasteiger partial charge in [0.05, 0.1) is 18.1 Å². The highest BCUT2D eigenvalue weighted by Crippen LogP contribution is 2.36. The topological polar surface area (TPSA) is 249 Å². The van der Waals surface area contributed by atoms with Crippen molar-refractivity contribution in [3.63, 3.8) is 0 Å². The van der Waals surface area contributed by atoms with Crippen molar-refractivity contribution in [2.75, 3.05) is 6.26 Å². The highest BCUT2D eigenvalue weighted by Gasteiger charge is 2.53. The standard InChI is InChI=1S/C15H26O5.C11H16O4.C8H12O3.C7H13BrO2.CH4O3S/c1-9(2)12(16)19-11(4)15(8,18)10(3)13(17)20-14(5,6)7;1-6(2)9(12)15-11(5)7(3)10(13)14-8(11)4;1-5(2)8(10)11-7(4)6(3)9;1-5(8)6(9)10-7(2,3)4;1-5(2,3)4/h10-11,18H,1H2,2-8H3;7-8H,1H2,2-5H3;7H,1H2,2-4H3;5H,1-4H3;1H3,(H,2,3,4). The molecule has 8 unspecified atom stereocenters.